The molecule has 1 heterocycles. The summed E-state index contributed by atoms with van der Waals surface area (Å²) in [6, 6.07) is 11.8. The number of hydroxylamine groups is 1. The summed E-state index contributed by atoms with van der Waals surface area (Å²) in [4.78, 5) is 43.5. The summed E-state index contributed by atoms with van der Waals surface area (Å²) < 4.78 is 43.4. The fourth-order valence-electron chi connectivity index (χ4n) is 7.48. The maximum absolute atomic E-state index is 16.1. The Morgan fingerprint density at radius 2 is 1.81 bits per heavy atom. The van der Waals surface area contributed by atoms with Crippen molar-refractivity contribution >= 4 is 46.9 Å². The third kappa shape index (κ3) is 11.5. The molecule has 11 nitrogen and oxygen atoms in total. The Labute approximate surface area is 369 Å². The van der Waals surface area contributed by atoms with E-state index >= 15 is 8.78 Å². The third-order valence-corrected chi connectivity index (χ3v) is 10.6. The van der Waals surface area contributed by atoms with Gasteiger partial charge in [0.05, 0.1) is 35.4 Å². The SMILES string of the molecule is CC(C)(C)CC1NC(C(=O)Nc2ccc(C(=O)[O-])cc2OCCCNOC(=O)OC2CCC=CCCC2)C(c2cccc(Cl)c2F)C1(C#N)c1ccc(Cl)cc1F.[Na+]. The number of benzene rings is 3. The van der Waals surface area contributed by atoms with Crippen molar-refractivity contribution in [3.8, 4) is 11.8 Å². The van der Waals surface area contributed by atoms with E-state index in [4.69, 9.17) is 37.5 Å². The number of rotatable bonds is 13. The largest absolute Gasteiger partial charge is 1.00 e. The third-order valence-electron chi connectivity index (χ3n) is 10.0. The maximum atomic E-state index is 16.1. The van der Waals surface area contributed by atoms with Crippen molar-refractivity contribution < 1.29 is 72.1 Å². The molecule has 16 heteroatoms. The standard InChI is InChI=1S/C42H46Cl2F2N4O7.Na/c1-41(2,3)23-34-42(24-47,29-17-16-26(43)22-31(29)45)35(28-13-9-14-30(44)36(28)46)37(50-34)38(51)49-32-18-15-25(39(52)53)21-33(32)55-20-10-19-48-57-40(54)56-27-11-7-5-4-6-8-12-27;/h4-5,9,13-18,21-22,27,34-35,37,48,50H,6-8,10-12,19-20,23H2,1-3H3,(H,49,51)(H,52,53);/q;+1/p-1. The second kappa shape index (κ2) is 21.0. The predicted octanol–water partition coefficient (Wildman–Crippen LogP) is 4.92. The number of carbonyl (C=O) groups excluding carboxylic acids is 3. The molecule has 304 valence electrons. The molecule has 1 aliphatic carbocycles. The van der Waals surface area contributed by atoms with Crippen molar-refractivity contribution in [2.24, 2.45) is 5.41 Å². The second-order valence-electron chi connectivity index (χ2n) is 15.3. The second-order valence-corrected chi connectivity index (χ2v) is 16.2. The Morgan fingerprint density at radius 3 is 2.52 bits per heavy atom. The fourth-order valence-corrected chi connectivity index (χ4v) is 7.82. The zero-order chi connectivity index (χ0) is 41.3. The molecule has 5 unspecified atom stereocenters. The smallest absolute Gasteiger partial charge is 0.545 e. The molecule has 5 atom stereocenters. The molecule has 1 amide bonds. The summed E-state index contributed by atoms with van der Waals surface area (Å²) in [5, 5.41) is 28.8. The van der Waals surface area contributed by atoms with E-state index < -0.39 is 58.5 Å². The Bertz CT molecular complexity index is 2030. The quantitative estimate of drug-likeness (QED) is 0.0709. The van der Waals surface area contributed by atoms with Crippen LogP contribution >= 0.6 is 23.2 Å². The van der Waals surface area contributed by atoms with Gasteiger partial charge < -0.3 is 34.8 Å². The number of nitrogens with one attached hydrogen (secondary N) is 3. The molecular weight excluding hydrogens is 804 g/mol. The zero-order valence-corrected chi connectivity index (χ0v) is 36.4. The minimum atomic E-state index is -1.86. The van der Waals surface area contributed by atoms with Crippen molar-refractivity contribution in [2.75, 3.05) is 18.5 Å². The van der Waals surface area contributed by atoms with E-state index in [1.54, 1.807) is 0 Å². The summed E-state index contributed by atoms with van der Waals surface area (Å²) in [6.45, 7) is 5.90. The number of hydrogen-bond acceptors (Lipinski definition) is 10. The summed E-state index contributed by atoms with van der Waals surface area (Å²) in [5.41, 5.74) is -0.138. The van der Waals surface area contributed by atoms with E-state index in [-0.39, 0.29) is 99.8 Å². The van der Waals surface area contributed by atoms with E-state index in [1.165, 1.54) is 48.5 Å². The molecule has 2 aliphatic rings. The van der Waals surface area contributed by atoms with Gasteiger partial charge in [-0.2, -0.15) is 5.26 Å². The van der Waals surface area contributed by atoms with E-state index in [2.05, 4.69) is 34.3 Å². The van der Waals surface area contributed by atoms with Crippen LogP contribution < -0.4 is 55.5 Å². The van der Waals surface area contributed by atoms with E-state index in [0.29, 0.717) is 6.42 Å². The number of anilines is 1. The monoisotopic (exact) mass is 848 g/mol. The number of aromatic carboxylic acids is 1. The van der Waals surface area contributed by atoms with Crippen molar-refractivity contribution in [1.29, 1.82) is 5.26 Å². The number of halogens is 4. The van der Waals surface area contributed by atoms with Crippen molar-refractivity contribution in [2.45, 2.75) is 95.2 Å². The zero-order valence-electron chi connectivity index (χ0n) is 32.8. The van der Waals surface area contributed by atoms with Gasteiger partial charge in [-0.15, -0.1) is 5.48 Å². The first kappa shape index (κ1) is 46.9. The van der Waals surface area contributed by atoms with Gasteiger partial charge >= 0.3 is 35.7 Å². The van der Waals surface area contributed by atoms with Crippen LogP contribution in [0.5, 0.6) is 5.75 Å². The molecule has 58 heavy (non-hydrogen) atoms. The molecule has 0 spiro atoms. The summed E-state index contributed by atoms with van der Waals surface area (Å²) in [6.07, 6.45) is 7.71. The number of nitrogens with zero attached hydrogens (tertiary/aromatic N) is 1. The van der Waals surface area contributed by atoms with E-state index in [0.717, 1.165) is 31.7 Å². The number of carboxylic acid groups (broad SMARTS) is 1. The molecule has 3 aromatic carbocycles. The molecule has 5 rings (SSSR count). The molecule has 0 aromatic heterocycles. The normalized spacial score (nSPS) is 21.8. The van der Waals surface area contributed by atoms with Gasteiger partial charge in [0.15, 0.2) is 0 Å². The van der Waals surface area contributed by atoms with Gasteiger partial charge in [-0.05, 0) is 86.3 Å². The van der Waals surface area contributed by atoms with Crippen molar-refractivity contribution in [3.63, 3.8) is 0 Å². The minimum Gasteiger partial charge on any atom is -0.545 e. The van der Waals surface area contributed by atoms with Crippen LogP contribution in [0, 0.1) is 28.4 Å². The first-order valence-corrected chi connectivity index (χ1v) is 19.5. The molecule has 0 radical (unpaired) electrons. The molecular formula is C42H45Cl2F2N4NaO7. The van der Waals surface area contributed by atoms with Gasteiger partial charge in [-0.1, -0.05) is 80.4 Å². The van der Waals surface area contributed by atoms with Crippen LogP contribution in [-0.4, -0.2) is 49.4 Å². The number of nitriles is 1. The minimum absolute atomic E-state index is 0. The number of carboxylic acids is 1. The molecule has 3 N–H and O–H groups in total. The van der Waals surface area contributed by atoms with E-state index in [9.17, 15) is 24.8 Å². The van der Waals surface area contributed by atoms with Crippen molar-refractivity contribution in [1.82, 2.24) is 10.8 Å². The van der Waals surface area contributed by atoms with Gasteiger partial charge in [-0.25, -0.2) is 13.6 Å². The number of allylic oxidation sites excluding steroid dienone is 2. The van der Waals surface area contributed by atoms with E-state index in [1.807, 2.05) is 20.8 Å². The average Bonchev–Trinajstić information content (AvgIpc) is 3.45. The van der Waals surface area contributed by atoms with Gasteiger partial charge in [0.25, 0.3) is 0 Å². The maximum Gasteiger partial charge on any atom is 1.00 e. The topological polar surface area (TPSA) is 162 Å². The fraction of sp³-hybridized carbons (Fsp3) is 0.429. The van der Waals surface area contributed by atoms with Crippen LogP contribution in [-0.2, 0) is 19.8 Å². The summed E-state index contributed by atoms with van der Waals surface area (Å²) >= 11 is 12.4. The summed E-state index contributed by atoms with van der Waals surface area (Å²) in [5.74, 6) is -5.29. The summed E-state index contributed by atoms with van der Waals surface area (Å²) in [7, 11) is 0. The van der Waals surface area contributed by atoms with Gasteiger partial charge in [0.1, 0.15) is 28.9 Å². The number of hydrogen-bond donors (Lipinski definition) is 3. The Morgan fingerprint density at radius 1 is 1.05 bits per heavy atom. The van der Waals surface area contributed by atoms with Crippen LogP contribution in [0.4, 0.5) is 19.3 Å². The van der Waals surface area contributed by atoms with Crippen LogP contribution in [0.3, 0.4) is 0 Å². The van der Waals surface area contributed by atoms with Crippen LogP contribution in [0.15, 0.2) is 66.7 Å². The molecule has 1 saturated heterocycles. The van der Waals surface area contributed by atoms with Crippen LogP contribution in [0.1, 0.15) is 93.1 Å². The average molecular weight is 850 g/mol. The number of carbonyl (C=O) groups is 3. The van der Waals surface area contributed by atoms with Crippen LogP contribution in [0.2, 0.25) is 10.0 Å². The number of amides is 1. The first-order valence-electron chi connectivity index (χ1n) is 18.8. The molecule has 3 aromatic rings. The molecule has 0 bridgehead atoms. The molecule has 1 fully saturated rings. The van der Waals surface area contributed by atoms with Gasteiger partial charge in [0.2, 0.25) is 5.91 Å². The van der Waals surface area contributed by atoms with Gasteiger partial charge in [-0.3, -0.25) is 4.79 Å². The predicted molar refractivity (Wildman–Crippen MR) is 209 cm³/mol. The van der Waals surface area contributed by atoms with Crippen LogP contribution in [0.25, 0.3) is 0 Å². The Hall–Kier alpha value is -3.74. The molecule has 1 aliphatic heterocycles. The number of ether oxygens (including phenoxy) is 2. The first-order chi connectivity index (χ1) is 27.1. The van der Waals surface area contributed by atoms with Gasteiger partial charge in [0, 0.05) is 34.7 Å². The van der Waals surface area contributed by atoms with Crippen molar-refractivity contribution in [3.05, 3.63) is 105 Å². The Balaban J connectivity index is 0.00000744. The Kier molecular flexibility index (Phi) is 17.0. The molecule has 0 saturated carbocycles.